The first-order chi connectivity index (χ1) is 14.2. The van der Waals surface area contributed by atoms with E-state index in [-0.39, 0.29) is 24.9 Å². The van der Waals surface area contributed by atoms with Gasteiger partial charge in [-0.2, -0.15) is 4.31 Å². The van der Waals surface area contributed by atoms with Crippen molar-refractivity contribution < 1.29 is 22.0 Å². The molecule has 2 aliphatic heterocycles. The van der Waals surface area contributed by atoms with Gasteiger partial charge < -0.3 is 10.2 Å². The first-order valence-corrected chi connectivity index (χ1v) is 12.1. The largest absolute Gasteiger partial charge is 0.356 e. The maximum atomic E-state index is 13.9. The third-order valence-corrected chi connectivity index (χ3v) is 8.10. The third-order valence-electron chi connectivity index (χ3n) is 6.18. The van der Waals surface area contributed by atoms with Gasteiger partial charge in [-0.1, -0.05) is 0 Å². The number of carbonyl (C=O) groups excluding carboxylic acids is 1. The van der Waals surface area contributed by atoms with Gasteiger partial charge in [0.2, 0.25) is 15.9 Å². The van der Waals surface area contributed by atoms with Crippen molar-refractivity contribution in [2.75, 3.05) is 32.7 Å². The number of halogens is 2. The van der Waals surface area contributed by atoms with E-state index in [0.717, 1.165) is 42.4 Å². The number of likely N-dealkylation sites (tertiary alicyclic amines) is 1. The second kappa shape index (κ2) is 9.70. The molecule has 0 bridgehead atoms. The molecule has 6 nitrogen and oxygen atoms in total. The molecule has 2 aliphatic rings. The predicted octanol–water partition coefficient (Wildman–Crippen LogP) is 2.60. The fraction of sp³-hybridized carbons (Fsp3) is 0.667. The summed E-state index contributed by atoms with van der Waals surface area (Å²) in [6.07, 6.45) is 2.96. The Bertz CT molecular complexity index is 855. The van der Waals surface area contributed by atoms with Crippen molar-refractivity contribution in [2.24, 2.45) is 11.8 Å². The van der Waals surface area contributed by atoms with E-state index in [1.54, 1.807) is 0 Å². The van der Waals surface area contributed by atoms with E-state index < -0.39 is 26.6 Å². The van der Waals surface area contributed by atoms with Crippen LogP contribution in [0, 0.1) is 23.5 Å². The average molecular weight is 444 g/mol. The molecule has 2 fully saturated rings. The molecule has 2 saturated heterocycles. The second-order valence-electron chi connectivity index (χ2n) is 8.60. The van der Waals surface area contributed by atoms with Gasteiger partial charge >= 0.3 is 0 Å². The van der Waals surface area contributed by atoms with Crippen molar-refractivity contribution in [3.8, 4) is 0 Å². The van der Waals surface area contributed by atoms with Gasteiger partial charge in [-0.25, -0.2) is 17.2 Å². The molecule has 0 saturated carbocycles. The van der Waals surface area contributed by atoms with Gasteiger partial charge in [-0.3, -0.25) is 4.79 Å². The van der Waals surface area contributed by atoms with Crippen LogP contribution in [0.5, 0.6) is 0 Å². The lowest BCUT2D eigenvalue weighted by molar-refractivity contribution is -0.126. The molecule has 2 heterocycles. The van der Waals surface area contributed by atoms with Crippen molar-refractivity contribution in [3.05, 3.63) is 29.8 Å². The van der Waals surface area contributed by atoms with E-state index >= 15 is 0 Å². The van der Waals surface area contributed by atoms with E-state index in [1.165, 1.54) is 0 Å². The van der Waals surface area contributed by atoms with Crippen LogP contribution >= 0.6 is 0 Å². The van der Waals surface area contributed by atoms with E-state index in [1.807, 2.05) is 0 Å². The molecule has 3 rings (SSSR count). The van der Waals surface area contributed by atoms with Crippen molar-refractivity contribution in [1.29, 1.82) is 0 Å². The highest BCUT2D eigenvalue weighted by atomic mass is 32.2. The smallest absolute Gasteiger partial charge is 0.246 e. The lowest BCUT2D eigenvalue weighted by atomic mass is 9.95. The summed E-state index contributed by atoms with van der Waals surface area (Å²) in [7, 11) is -4.13. The Morgan fingerprint density at radius 1 is 1.17 bits per heavy atom. The molecule has 0 aliphatic carbocycles. The molecule has 1 unspecified atom stereocenters. The third kappa shape index (κ3) is 5.36. The topological polar surface area (TPSA) is 69.7 Å². The van der Waals surface area contributed by atoms with Crippen LogP contribution in [0.1, 0.15) is 39.5 Å². The monoisotopic (exact) mass is 443 g/mol. The molecular weight excluding hydrogens is 412 g/mol. The second-order valence-corrected chi connectivity index (χ2v) is 10.5. The lowest BCUT2D eigenvalue weighted by Gasteiger charge is -2.36. The van der Waals surface area contributed by atoms with Gasteiger partial charge in [-0.05, 0) is 70.2 Å². The fourth-order valence-electron chi connectivity index (χ4n) is 4.29. The van der Waals surface area contributed by atoms with Crippen molar-refractivity contribution in [3.63, 3.8) is 0 Å². The number of sulfonamides is 1. The van der Waals surface area contributed by atoms with Gasteiger partial charge in [0, 0.05) is 38.1 Å². The number of nitrogens with zero attached hydrogens (tertiary/aromatic N) is 2. The van der Waals surface area contributed by atoms with Crippen molar-refractivity contribution >= 4 is 15.9 Å². The summed E-state index contributed by atoms with van der Waals surface area (Å²) in [6, 6.07) is 2.90. The Labute approximate surface area is 177 Å². The Kier molecular flexibility index (Phi) is 7.47. The molecular formula is C21H31F2N3O3S. The molecule has 0 spiro atoms. The van der Waals surface area contributed by atoms with Crippen LogP contribution in [0.2, 0.25) is 0 Å². The van der Waals surface area contributed by atoms with Gasteiger partial charge in [0.1, 0.15) is 16.5 Å². The Morgan fingerprint density at radius 3 is 2.53 bits per heavy atom. The zero-order valence-corrected chi connectivity index (χ0v) is 18.4. The first kappa shape index (κ1) is 23.1. The maximum absolute atomic E-state index is 13.9. The Hall–Kier alpha value is -1.58. The lowest BCUT2D eigenvalue weighted by Crippen LogP contribution is -2.46. The predicted molar refractivity (Wildman–Crippen MR) is 110 cm³/mol. The van der Waals surface area contributed by atoms with E-state index in [0.29, 0.717) is 37.4 Å². The molecule has 1 N–H and O–H groups in total. The number of rotatable bonds is 6. The molecule has 1 aromatic carbocycles. The molecule has 0 aromatic heterocycles. The summed E-state index contributed by atoms with van der Waals surface area (Å²) in [5, 5.41) is 3.04. The van der Waals surface area contributed by atoms with E-state index in [4.69, 9.17) is 0 Å². The summed E-state index contributed by atoms with van der Waals surface area (Å²) in [5.74, 6) is -1.66. The van der Waals surface area contributed by atoms with E-state index in [9.17, 15) is 22.0 Å². The average Bonchev–Trinajstić information content (AvgIpc) is 2.74. The minimum atomic E-state index is -4.13. The Balaban J connectivity index is 1.51. The number of hydrogen-bond acceptors (Lipinski definition) is 4. The summed E-state index contributed by atoms with van der Waals surface area (Å²) < 4.78 is 53.8. The van der Waals surface area contributed by atoms with Gasteiger partial charge in [0.05, 0.1) is 0 Å². The molecule has 1 amide bonds. The zero-order chi connectivity index (χ0) is 21.9. The van der Waals surface area contributed by atoms with Crippen LogP contribution in [-0.2, 0) is 14.8 Å². The minimum absolute atomic E-state index is 0.0503. The number of benzene rings is 1. The summed E-state index contributed by atoms with van der Waals surface area (Å²) in [6.45, 7) is 7.29. The standard InChI is InChI=1S/C21H31F2N3O3S/c1-15(2)25-9-3-4-16(14-25)13-24-21(27)17-7-10-26(11-8-17)30(28,29)20-12-18(22)5-6-19(20)23/h5-6,12,15-17H,3-4,7-11,13-14H2,1-2H3,(H,24,27). The summed E-state index contributed by atoms with van der Waals surface area (Å²) in [5.41, 5.74) is 0. The van der Waals surface area contributed by atoms with Crippen LogP contribution in [0.3, 0.4) is 0 Å². The van der Waals surface area contributed by atoms with Crippen LogP contribution in [0.25, 0.3) is 0 Å². The van der Waals surface area contributed by atoms with Crippen molar-refractivity contribution in [2.45, 2.75) is 50.5 Å². The number of carbonyl (C=O) groups is 1. The molecule has 9 heteroatoms. The highest BCUT2D eigenvalue weighted by molar-refractivity contribution is 7.89. The minimum Gasteiger partial charge on any atom is -0.356 e. The van der Waals surface area contributed by atoms with Gasteiger partial charge in [-0.15, -0.1) is 0 Å². The highest BCUT2D eigenvalue weighted by Gasteiger charge is 2.34. The number of hydrogen-bond donors (Lipinski definition) is 1. The number of amides is 1. The zero-order valence-electron chi connectivity index (χ0n) is 17.6. The quantitative estimate of drug-likeness (QED) is 0.734. The Morgan fingerprint density at radius 2 is 1.87 bits per heavy atom. The van der Waals surface area contributed by atoms with Crippen LogP contribution < -0.4 is 5.32 Å². The number of nitrogens with one attached hydrogen (secondary N) is 1. The summed E-state index contributed by atoms with van der Waals surface area (Å²) in [4.78, 5) is 14.3. The van der Waals surface area contributed by atoms with Crippen LogP contribution in [0.15, 0.2) is 23.1 Å². The molecule has 1 aromatic rings. The molecule has 1 atom stereocenters. The first-order valence-electron chi connectivity index (χ1n) is 10.7. The van der Waals surface area contributed by atoms with Gasteiger partial charge in [0.15, 0.2) is 0 Å². The fourth-order valence-corrected chi connectivity index (χ4v) is 5.84. The van der Waals surface area contributed by atoms with Crippen LogP contribution in [0.4, 0.5) is 8.78 Å². The molecule has 168 valence electrons. The number of piperidine rings is 2. The summed E-state index contributed by atoms with van der Waals surface area (Å²) >= 11 is 0. The SMILES string of the molecule is CC(C)N1CCCC(CNC(=O)C2CCN(S(=O)(=O)c3cc(F)ccc3F)CC2)C1. The molecule has 30 heavy (non-hydrogen) atoms. The normalized spacial score (nSPS) is 22.4. The highest BCUT2D eigenvalue weighted by Crippen LogP contribution is 2.26. The van der Waals surface area contributed by atoms with E-state index in [2.05, 4.69) is 24.1 Å². The van der Waals surface area contributed by atoms with Crippen LogP contribution in [-0.4, -0.2) is 62.3 Å². The van der Waals surface area contributed by atoms with Gasteiger partial charge in [0.25, 0.3) is 0 Å². The maximum Gasteiger partial charge on any atom is 0.246 e. The molecule has 0 radical (unpaired) electrons. The van der Waals surface area contributed by atoms with Crippen molar-refractivity contribution in [1.82, 2.24) is 14.5 Å².